The van der Waals surface area contributed by atoms with Gasteiger partial charge in [0.1, 0.15) is 0 Å². The number of amides is 1. The summed E-state index contributed by atoms with van der Waals surface area (Å²) in [5, 5.41) is 3.63. The molecule has 5 nitrogen and oxygen atoms in total. The van der Waals surface area contributed by atoms with Crippen molar-refractivity contribution in [3.63, 3.8) is 0 Å². The molecular weight excluding hydrogens is 400 g/mol. The number of nitrogens with zero attached hydrogens (tertiary/aromatic N) is 1. The van der Waals surface area contributed by atoms with Crippen LogP contribution in [0.1, 0.15) is 30.5 Å². The fourth-order valence-corrected chi connectivity index (χ4v) is 4.22. The number of ether oxygens (including phenoxy) is 2. The number of para-hydroxylation sites is 2. The van der Waals surface area contributed by atoms with E-state index in [1.165, 1.54) is 0 Å². The summed E-state index contributed by atoms with van der Waals surface area (Å²) in [6.07, 6.45) is 4.26. The normalized spacial score (nSPS) is 17.7. The summed E-state index contributed by atoms with van der Waals surface area (Å²) in [4.78, 5) is 15.1. The van der Waals surface area contributed by atoms with Crippen molar-refractivity contribution in [2.75, 3.05) is 24.4 Å². The molecule has 0 radical (unpaired) electrons. The van der Waals surface area contributed by atoms with Crippen LogP contribution >= 0.6 is 0 Å². The van der Waals surface area contributed by atoms with E-state index in [0.717, 1.165) is 28.9 Å². The van der Waals surface area contributed by atoms with Crippen molar-refractivity contribution in [1.82, 2.24) is 0 Å². The summed E-state index contributed by atoms with van der Waals surface area (Å²) in [6, 6.07) is 24.1. The number of methoxy groups -OCH3 is 2. The lowest BCUT2D eigenvalue weighted by molar-refractivity contribution is -0.114. The van der Waals surface area contributed by atoms with Gasteiger partial charge >= 0.3 is 0 Å². The molecule has 3 aromatic carbocycles. The first kappa shape index (κ1) is 21.5. The zero-order valence-electron chi connectivity index (χ0n) is 18.6. The molecule has 0 fully saturated rings. The molecule has 4 rings (SSSR count). The molecule has 2 atom stereocenters. The predicted molar refractivity (Wildman–Crippen MR) is 129 cm³/mol. The van der Waals surface area contributed by atoms with E-state index in [1.807, 2.05) is 65.6 Å². The van der Waals surface area contributed by atoms with Gasteiger partial charge in [-0.3, -0.25) is 4.79 Å². The molecule has 0 spiro atoms. The Bertz CT molecular complexity index is 1110. The molecule has 0 bridgehead atoms. The van der Waals surface area contributed by atoms with Crippen LogP contribution < -0.4 is 19.7 Å². The number of anilines is 2. The third-order valence-corrected chi connectivity index (χ3v) is 5.77. The van der Waals surface area contributed by atoms with Crippen molar-refractivity contribution in [2.45, 2.75) is 25.4 Å². The van der Waals surface area contributed by atoms with Crippen molar-refractivity contribution >= 4 is 23.4 Å². The van der Waals surface area contributed by atoms with Gasteiger partial charge in [0, 0.05) is 23.5 Å². The van der Waals surface area contributed by atoms with Crippen LogP contribution in [0.2, 0.25) is 0 Å². The first-order valence-electron chi connectivity index (χ1n) is 10.7. The van der Waals surface area contributed by atoms with E-state index < -0.39 is 0 Å². The minimum atomic E-state index is -0.0436. The minimum Gasteiger partial charge on any atom is -0.493 e. The van der Waals surface area contributed by atoms with Gasteiger partial charge in [-0.25, -0.2) is 0 Å². The van der Waals surface area contributed by atoms with E-state index in [9.17, 15) is 4.79 Å². The molecule has 1 N–H and O–H groups in total. The Morgan fingerprint density at radius 2 is 1.69 bits per heavy atom. The Morgan fingerprint density at radius 1 is 0.969 bits per heavy atom. The fraction of sp³-hybridized carbons (Fsp3) is 0.222. The van der Waals surface area contributed by atoms with E-state index in [2.05, 4.69) is 30.4 Å². The largest absolute Gasteiger partial charge is 0.493 e. The topological polar surface area (TPSA) is 50.8 Å². The number of carbonyl (C=O) groups excluding carboxylic acids is 1. The first-order chi connectivity index (χ1) is 15.6. The summed E-state index contributed by atoms with van der Waals surface area (Å²) in [5.74, 6) is 1.25. The average molecular weight is 429 g/mol. The molecule has 1 heterocycles. The highest BCUT2D eigenvalue weighted by atomic mass is 16.5. The summed E-state index contributed by atoms with van der Waals surface area (Å²) in [6.45, 7) is 2.10. The van der Waals surface area contributed by atoms with Gasteiger partial charge in [0.25, 0.3) is 5.91 Å². The Kier molecular flexibility index (Phi) is 6.45. The smallest absolute Gasteiger partial charge is 0.251 e. The number of rotatable bonds is 6. The van der Waals surface area contributed by atoms with Gasteiger partial charge in [-0.1, -0.05) is 42.5 Å². The number of benzene rings is 3. The third kappa shape index (κ3) is 4.47. The second-order valence-electron chi connectivity index (χ2n) is 7.86. The van der Waals surface area contributed by atoms with Crippen LogP contribution in [0, 0.1) is 0 Å². The quantitative estimate of drug-likeness (QED) is 0.512. The molecule has 32 heavy (non-hydrogen) atoms. The van der Waals surface area contributed by atoms with Crippen LogP contribution in [-0.4, -0.2) is 26.2 Å². The fourth-order valence-electron chi connectivity index (χ4n) is 4.22. The molecule has 5 heteroatoms. The highest BCUT2D eigenvalue weighted by Gasteiger charge is 2.32. The highest BCUT2D eigenvalue weighted by Crippen LogP contribution is 2.39. The van der Waals surface area contributed by atoms with Crippen LogP contribution in [0.5, 0.6) is 11.5 Å². The van der Waals surface area contributed by atoms with Crippen LogP contribution in [0.25, 0.3) is 6.08 Å². The Balaban J connectivity index is 1.58. The second-order valence-corrected chi connectivity index (χ2v) is 7.86. The van der Waals surface area contributed by atoms with Gasteiger partial charge in [-0.15, -0.1) is 0 Å². The van der Waals surface area contributed by atoms with Crippen LogP contribution in [-0.2, 0) is 4.79 Å². The number of hydrogen-bond acceptors (Lipinski definition) is 4. The lowest BCUT2D eigenvalue weighted by Crippen LogP contribution is -2.43. The molecule has 1 aliphatic rings. The average Bonchev–Trinajstić information content (AvgIpc) is 2.83. The molecule has 0 saturated heterocycles. The summed E-state index contributed by atoms with van der Waals surface area (Å²) >= 11 is 0. The summed E-state index contributed by atoms with van der Waals surface area (Å²) < 4.78 is 10.7. The van der Waals surface area contributed by atoms with Gasteiger partial charge in [0.2, 0.25) is 0 Å². The Hall–Kier alpha value is -3.73. The van der Waals surface area contributed by atoms with E-state index >= 15 is 0 Å². The Labute approximate surface area is 189 Å². The second kappa shape index (κ2) is 9.60. The molecule has 1 amide bonds. The van der Waals surface area contributed by atoms with Crippen molar-refractivity contribution < 1.29 is 14.3 Å². The molecule has 0 unspecified atom stereocenters. The van der Waals surface area contributed by atoms with Crippen molar-refractivity contribution in [2.24, 2.45) is 0 Å². The number of nitrogens with one attached hydrogen (secondary N) is 1. The zero-order chi connectivity index (χ0) is 22.5. The molecule has 164 valence electrons. The van der Waals surface area contributed by atoms with Gasteiger partial charge in [0.15, 0.2) is 11.5 Å². The van der Waals surface area contributed by atoms with Gasteiger partial charge in [-0.05, 0) is 60.9 Å². The molecule has 0 saturated carbocycles. The van der Waals surface area contributed by atoms with Crippen molar-refractivity contribution in [1.29, 1.82) is 0 Å². The predicted octanol–water partition coefficient (Wildman–Crippen LogP) is 5.70. The Morgan fingerprint density at radius 3 is 2.44 bits per heavy atom. The maximum absolute atomic E-state index is 13.2. The van der Waals surface area contributed by atoms with Crippen LogP contribution in [0.4, 0.5) is 11.4 Å². The monoisotopic (exact) mass is 428 g/mol. The van der Waals surface area contributed by atoms with E-state index in [1.54, 1.807) is 20.3 Å². The minimum absolute atomic E-state index is 0.0436. The van der Waals surface area contributed by atoms with Gasteiger partial charge in [-0.2, -0.15) is 0 Å². The van der Waals surface area contributed by atoms with Gasteiger partial charge in [0.05, 0.1) is 20.3 Å². The standard InChI is InChI=1S/C27H28N2O3/c1-19-17-23(28-21-9-5-4-6-10-21)22-11-7-8-12-24(22)29(19)27(30)16-14-20-13-15-25(31-2)26(18-20)32-3/h4-16,18-19,23,28H,17H2,1-3H3/b16-14+/t19-,23+/m1/s1. The maximum Gasteiger partial charge on any atom is 0.251 e. The lowest BCUT2D eigenvalue weighted by Gasteiger charge is -2.39. The highest BCUT2D eigenvalue weighted by molar-refractivity contribution is 6.05. The van der Waals surface area contributed by atoms with E-state index in [4.69, 9.17) is 9.47 Å². The van der Waals surface area contributed by atoms with Crippen LogP contribution in [0.3, 0.4) is 0 Å². The van der Waals surface area contributed by atoms with Crippen molar-refractivity contribution in [3.05, 3.63) is 90.0 Å². The molecule has 0 aliphatic carbocycles. The lowest BCUT2D eigenvalue weighted by atomic mass is 9.91. The van der Waals surface area contributed by atoms with Crippen LogP contribution in [0.15, 0.2) is 78.9 Å². The number of fused-ring (bicyclic) bond motifs is 1. The van der Waals surface area contributed by atoms with Crippen molar-refractivity contribution in [3.8, 4) is 11.5 Å². The third-order valence-electron chi connectivity index (χ3n) is 5.77. The number of carbonyl (C=O) groups is 1. The summed E-state index contributed by atoms with van der Waals surface area (Å²) in [5.41, 5.74) is 4.02. The number of hydrogen-bond donors (Lipinski definition) is 1. The molecule has 0 aromatic heterocycles. The summed E-state index contributed by atoms with van der Waals surface area (Å²) in [7, 11) is 3.20. The first-order valence-corrected chi connectivity index (χ1v) is 10.7. The van der Waals surface area contributed by atoms with E-state index in [0.29, 0.717) is 11.5 Å². The molecule has 3 aromatic rings. The molecular formula is C27H28N2O3. The SMILES string of the molecule is COc1ccc(/C=C/C(=O)N2c3ccccc3[C@@H](Nc3ccccc3)C[C@H]2C)cc1OC. The molecule has 1 aliphatic heterocycles. The van der Waals surface area contributed by atoms with E-state index in [-0.39, 0.29) is 18.0 Å². The van der Waals surface area contributed by atoms with Gasteiger partial charge < -0.3 is 19.7 Å². The maximum atomic E-state index is 13.2. The zero-order valence-corrected chi connectivity index (χ0v) is 18.6.